The van der Waals surface area contributed by atoms with Crippen LogP contribution < -0.4 is 18.5 Å². The molecule has 1 aromatic carbocycles. The van der Waals surface area contributed by atoms with Crippen LogP contribution in [0.25, 0.3) is 16.8 Å². The van der Waals surface area contributed by atoms with Crippen molar-refractivity contribution >= 4 is 21.1 Å². The van der Waals surface area contributed by atoms with Crippen molar-refractivity contribution in [3.63, 3.8) is 0 Å². The number of para-hydroxylation sites is 1. The molecular weight excluding hydrogens is 674 g/mol. The van der Waals surface area contributed by atoms with E-state index in [-0.39, 0.29) is 32.4 Å². The Labute approximate surface area is 283 Å². The Morgan fingerprint density at radius 2 is 1.26 bits per heavy atom. The molecule has 5 rings (SSSR count). The van der Waals surface area contributed by atoms with Crippen LogP contribution in [0, 0.1) is 5.92 Å². The number of benzene rings is 1. The number of halogens is 8. The summed E-state index contributed by atoms with van der Waals surface area (Å²) < 4.78 is 67.5. The fraction of sp³-hybridized carbons (Fsp3) is 0.344. The number of allylic oxidation sites excluding steroid dienone is 4. The van der Waals surface area contributed by atoms with E-state index in [4.69, 9.17) is 4.74 Å². The van der Waals surface area contributed by atoms with Gasteiger partial charge in [-0.05, 0) is 49.1 Å². The minimum Gasteiger partial charge on any atom is -1.00 e. The third-order valence-corrected chi connectivity index (χ3v) is 6.17. The first kappa shape index (κ1) is 48.0. The Kier molecular flexibility index (Phi) is 30.5. The number of ether oxygens (including phenoxy) is 1. The van der Waals surface area contributed by atoms with Crippen LogP contribution in [0.1, 0.15) is 52.4 Å². The molecule has 2 aliphatic carbocycles. The molecule has 0 bridgehead atoms. The number of carbonyl (C=O) groups excluding carboxylic acids is 1. The molecule has 0 amide bonds. The number of hydrogen-bond acceptors (Lipinski definition) is 2. The Morgan fingerprint density at radius 1 is 0.766 bits per heavy atom. The van der Waals surface area contributed by atoms with Gasteiger partial charge in [0.05, 0.1) is 6.42 Å². The molecule has 2 aliphatic rings. The zero-order valence-electron chi connectivity index (χ0n) is 26.3. The predicted molar refractivity (Wildman–Crippen MR) is 164 cm³/mol. The average molecular weight is 714 g/mol. The summed E-state index contributed by atoms with van der Waals surface area (Å²) in [6.07, 6.45) is 23.6. The molecule has 0 fully saturated rings. The molecule has 0 N–H and O–H groups in total. The van der Waals surface area contributed by atoms with Crippen LogP contribution in [0.5, 0.6) is 0 Å². The van der Waals surface area contributed by atoms with Gasteiger partial charge < -0.3 is 14.1 Å². The summed E-state index contributed by atoms with van der Waals surface area (Å²) in [6, 6.07) is 18.7. The molecule has 3 aromatic rings. The summed E-state index contributed by atoms with van der Waals surface area (Å²) in [6.45, 7) is 5.07. The zero-order chi connectivity index (χ0) is 32.6. The fourth-order valence-electron chi connectivity index (χ4n) is 4.18. The molecule has 47 heavy (non-hydrogen) atoms. The van der Waals surface area contributed by atoms with Crippen molar-refractivity contribution in [3.05, 3.63) is 104 Å². The standard InChI is InChI=1S/C25H26N2O2.C5H8.C2H6.2BF3.2FH.Fe/c28-25(20-21-6-4-5-7-21)29-19-18-26-14-10-22(11-15-26)23-12-16-27(17-13-23)24-8-2-1-3-9-24;1-2-4-5-3-1;1-2;2*2-1(3)4;;;/h1-4,6,8-17,21H,5,7,18-20H2;1-2H,3-5H2;1-2H3;;;2*1H;/q+2;;;;;;;/p-2/t21-;;;;;;;/m1......./s1. The largest absolute Gasteiger partial charge is 1.00 e. The third-order valence-electron chi connectivity index (χ3n) is 6.17. The fourth-order valence-corrected chi connectivity index (χ4v) is 4.18. The first-order chi connectivity index (χ1) is 21.2. The third kappa shape index (κ3) is 23.5. The van der Waals surface area contributed by atoms with E-state index in [9.17, 15) is 30.7 Å². The molecule has 4 nitrogen and oxygen atoms in total. The molecule has 2 heterocycles. The minimum atomic E-state index is -3.67. The maximum atomic E-state index is 11.9. The van der Waals surface area contributed by atoms with Crippen LogP contribution in [-0.2, 0) is 33.1 Å². The van der Waals surface area contributed by atoms with Gasteiger partial charge in [0.1, 0.15) is 0 Å². The number of carbonyl (C=O) groups is 1. The molecule has 2 aromatic heterocycles. The molecule has 1 atom stereocenters. The van der Waals surface area contributed by atoms with Crippen LogP contribution >= 0.6 is 0 Å². The summed E-state index contributed by atoms with van der Waals surface area (Å²) in [5.74, 6) is 0.260. The summed E-state index contributed by atoms with van der Waals surface area (Å²) in [7, 11) is -7.33. The number of esters is 1. The molecule has 0 aliphatic heterocycles. The van der Waals surface area contributed by atoms with E-state index in [1.54, 1.807) is 0 Å². The van der Waals surface area contributed by atoms with E-state index in [0.29, 0.717) is 25.5 Å². The van der Waals surface area contributed by atoms with Gasteiger partial charge in [0.2, 0.25) is 5.69 Å². The number of hydrogen-bond donors (Lipinski definition) is 0. The van der Waals surface area contributed by atoms with Gasteiger partial charge in [0.25, 0.3) is 0 Å². The normalized spacial score (nSPS) is 13.0. The topological polar surface area (TPSA) is 34.1 Å². The Balaban J connectivity index is -0.000000906. The Hall–Kier alpha value is -3.44. The SMILES string of the molecule is C1=CCCC1.CC.FB(F)F.FB(F)F.O=C(C[C@@H]1C=CCC1)OCC[n+]1ccc(-c2cc[n+](-c3ccccc3)cc2)cc1.[F-].[F-].[Fe]. The van der Waals surface area contributed by atoms with Crippen molar-refractivity contribution < 1.29 is 71.0 Å². The van der Waals surface area contributed by atoms with Gasteiger partial charge in [-0.3, -0.25) is 30.7 Å². The van der Waals surface area contributed by atoms with Crippen LogP contribution in [0.4, 0.5) is 25.9 Å². The first-order valence-corrected chi connectivity index (χ1v) is 14.6. The zero-order valence-corrected chi connectivity index (χ0v) is 27.4. The number of nitrogens with zero attached hydrogens (tertiary/aromatic N) is 2. The average Bonchev–Trinajstić information content (AvgIpc) is 3.77. The second kappa shape index (κ2) is 29.9. The van der Waals surface area contributed by atoms with Crippen molar-refractivity contribution in [2.24, 2.45) is 5.92 Å². The van der Waals surface area contributed by atoms with Crippen LogP contribution in [0.15, 0.2) is 104 Å². The monoisotopic (exact) mass is 714 g/mol. The molecule has 15 heteroatoms. The first-order valence-electron chi connectivity index (χ1n) is 14.6. The van der Waals surface area contributed by atoms with Crippen molar-refractivity contribution in [1.82, 2.24) is 0 Å². The van der Waals surface area contributed by atoms with E-state index in [1.165, 1.54) is 24.8 Å². The van der Waals surface area contributed by atoms with Crippen LogP contribution in [0.3, 0.4) is 0 Å². The quantitative estimate of drug-likeness (QED) is 0.124. The van der Waals surface area contributed by atoms with E-state index in [2.05, 4.69) is 77.7 Å². The molecule has 0 spiro atoms. The second-order valence-electron chi connectivity index (χ2n) is 9.24. The van der Waals surface area contributed by atoms with E-state index < -0.39 is 15.1 Å². The van der Waals surface area contributed by atoms with E-state index in [1.807, 2.05) is 49.0 Å². The van der Waals surface area contributed by atoms with Crippen molar-refractivity contribution in [2.75, 3.05) is 6.61 Å². The van der Waals surface area contributed by atoms with E-state index in [0.717, 1.165) is 24.1 Å². The number of rotatable bonds is 7. The van der Waals surface area contributed by atoms with Gasteiger partial charge >= 0.3 is 21.1 Å². The molecule has 0 saturated carbocycles. The summed E-state index contributed by atoms with van der Waals surface area (Å²) in [5, 5.41) is 0. The Bertz CT molecular complexity index is 1210. The smallest absolute Gasteiger partial charge is 0.762 e. The molecular formula is C32H40B2F8FeN2O2. The van der Waals surface area contributed by atoms with E-state index >= 15 is 0 Å². The van der Waals surface area contributed by atoms with Crippen LogP contribution in [0.2, 0.25) is 0 Å². The van der Waals surface area contributed by atoms with Crippen molar-refractivity contribution in [1.29, 1.82) is 0 Å². The van der Waals surface area contributed by atoms with Gasteiger partial charge in [-0.1, -0.05) is 56.4 Å². The van der Waals surface area contributed by atoms with Gasteiger partial charge in [0, 0.05) is 53.5 Å². The maximum Gasteiger partial charge on any atom is 0.762 e. The number of pyridine rings is 2. The molecule has 0 unspecified atom stereocenters. The maximum absolute atomic E-state index is 11.9. The van der Waals surface area contributed by atoms with Gasteiger partial charge in [-0.15, -0.1) is 0 Å². The van der Waals surface area contributed by atoms with Gasteiger partial charge in [-0.2, -0.15) is 4.57 Å². The number of aromatic nitrogens is 2. The van der Waals surface area contributed by atoms with Crippen molar-refractivity contribution in [3.8, 4) is 16.8 Å². The second-order valence-corrected chi connectivity index (χ2v) is 9.24. The van der Waals surface area contributed by atoms with Crippen LogP contribution in [-0.4, -0.2) is 27.7 Å². The molecule has 0 saturated heterocycles. The summed E-state index contributed by atoms with van der Waals surface area (Å²) in [4.78, 5) is 11.9. The van der Waals surface area contributed by atoms with Gasteiger partial charge in [-0.25, -0.2) is 4.57 Å². The molecule has 0 radical (unpaired) electrons. The Morgan fingerprint density at radius 3 is 1.68 bits per heavy atom. The molecule has 260 valence electrons. The summed E-state index contributed by atoms with van der Waals surface area (Å²) >= 11 is 0. The minimum absolute atomic E-state index is 0. The van der Waals surface area contributed by atoms with Gasteiger partial charge in [0.15, 0.2) is 37.9 Å². The summed E-state index contributed by atoms with van der Waals surface area (Å²) in [5.41, 5.74) is 3.47. The van der Waals surface area contributed by atoms with Crippen molar-refractivity contribution in [2.45, 2.75) is 58.9 Å². The predicted octanol–water partition coefficient (Wildman–Crippen LogP) is 2.34.